The predicted molar refractivity (Wildman–Crippen MR) is 66.8 cm³/mol. The zero-order chi connectivity index (χ0) is 12.4. The number of nitrogens with zero attached hydrogens (tertiary/aromatic N) is 1. The monoisotopic (exact) mass is 253 g/mol. The van der Waals surface area contributed by atoms with E-state index in [1.807, 2.05) is 19.1 Å². The summed E-state index contributed by atoms with van der Waals surface area (Å²) < 4.78 is 0. The second kappa shape index (κ2) is 5.07. The van der Waals surface area contributed by atoms with Gasteiger partial charge in [0.15, 0.2) is 0 Å². The van der Waals surface area contributed by atoms with Crippen molar-refractivity contribution in [3.05, 3.63) is 34.9 Å². The van der Waals surface area contributed by atoms with E-state index in [4.69, 9.17) is 11.6 Å². The number of carbonyl (C=O) groups excluding carboxylic acids is 1. The normalized spacial score (nSPS) is 25.1. The molecule has 0 spiro atoms. The molecular formula is C13H16ClNO2. The molecule has 92 valence electrons. The summed E-state index contributed by atoms with van der Waals surface area (Å²) in [5.74, 6) is 0.109. The molecule has 1 aromatic carbocycles. The van der Waals surface area contributed by atoms with Crippen LogP contribution in [0.2, 0.25) is 5.02 Å². The number of carbonyl (C=O) groups is 1. The third-order valence-corrected chi connectivity index (χ3v) is 3.48. The van der Waals surface area contributed by atoms with Gasteiger partial charge in [0, 0.05) is 18.0 Å². The van der Waals surface area contributed by atoms with Gasteiger partial charge in [0.25, 0.3) is 0 Å². The van der Waals surface area contributed by atoms with Gasteiger partial charge in [-0.2, -0.15) is 0 Å². The number of hydrogen-bond donors (Lipinski definition) is 1. The number of piperidine rings is 1. The number of halogens is 1. The van der Waals surface area contributed by atoms with E-state index in [-0.39, 0.29) is 11.9 Å². The van der Waals surface area contributed by atoms with Crippen LogP contribution in [0.3, 0.4) is 0 Å². The summed E-state index contributed by atoms with van der Waals surface area (Å²) >= 11 is 5.84. The molecule has 2 rings (SSSR count). The Morgan fingerprint density at radius 1 is 1.41 bits per heavy atom. The quantitative estimate of drug-likeness (QED) is 0.879. The molecule has 4 heteroatoms. The summed E-state index contributed by atoms with van der Waals surface area (Å²) in [5, 5.41) is 10.7. The maximum atomic E-state index is 11.8. The molecule has 2 atom stereocenters. The van der Waals surface area contributed by atoms with Crippen LogP contribution in [0.1, 0.15) is 31.4 Å². The molecule has 1 heterocycles. The highest BCUT2D eigenvalue weighted by molar-refractivity contribution is 6.30. The van der Waals surface area contributed by atoms with E-state index in [1.54, 1.807) is 17.0 Å². The molecule has 0 unspecified atom stereocenters. The summed E-state index contributed by atoms with van der Waals surface area (Å²) in [7, 11) is 0. The summed E-state index contributed by atoms with van der Waals surface area (Å²) in [6.45, 7) is 2.54. The van der Waals surface area contributed by atoms with Crippen LogP contribution in [0.15, 0.2) is 24.3 Å². The average molecular weight is 254 g/mol. The number of hydrogen-bond acceptors (Lipinski definition) is 2. The van der Waals surface area contributed by atoms with Gasteiger partial charge in [0.2, 0.25) is 5.91 Å². The standard InChI is InChI=1S/C13H16ClNO2/c1-2-15-12(17)8-7-11(16)13(15)9-3-5-10(14)6-4-9/h3-6,11,13,16H,2,7-8H2,1H3/t11-,13+/m0/s1. The van der Waals surface area contributed by atoms with Crippen LogP contribution in [0.25, 0.3) is 0 Å². The molecular weight excluding hydrogens is 238 g/mol. The van der Waals surface area contributed by atoms with Crippen LogP contribution in [0, 0.1) is 0 Å². The van der Waals surface area contributed by atoms with Crippen LogP contribution in [-0.4, -0.2) is 28.6 Å². The molecule has 1 aliphatic rings. The summed E-state index contributed by atoms with van der Waals surface area (Å²) in [4.78, 5) is 13.5. The van der Waals surface area contributed by atoms with Crippen LogP contribution in [0.5, 0.6) is 0 Å². The third-order valence-electron chi connectivity index (χ3n) is 3.23. The molecule has 0 radical (unpaired) electrons. The summed E-state index contributed by atoms with van der Waals surface area (Å²) in [5.41, 5.74) is 0.941. The Kier molecular flexibility index (Phi) is 3.69. The first kappa shape index (κ1) is 12.4. The Bertz CT molecular complexity index is 404. The number of rotatable bonds is 2. The fourth-order valence-electron chi connectivity index (χ4n) is 2.37. The second-order valence-corrected chi connectivity index (χ2v) is 4.72. The molecule has 17 heavy (non-hydrogen) atoms. The maximum Gasteiger partial charge on any atom is 0.223 e. The van der Waals surface area contributed by atoms with Gasteiger partial charge < -0.3 is 10.0 Å². The molecule has 1 fully saturated rings. The van der Waals surface area contributed by atoms with E-state index >= 15 is 0 Å². The van der Waals surface area contributed by atoms with Crippen molar-refractivity contribution in [1.29, 1.82) is 0 Å². The Hall–Kier alpha value is -1.06. The van der Waals surface area contributed by atoms with Gasteiger partial charge >= 0.3 is 0 Å². The lowest BCUT2D eigenvalue weighted by atomic mass is 9.92. The van der Waals surface area contributed by atoms with Gasteiger partial charge in [-0.25, -0.2) is 0 Å². The minimum absolute atomic E-state index is 0.109. The van der Waals surface area contributed by atoms with Gasteiger partial charge in [-0.1, -0.05) is 23.7 Å². The smallest absolute Gasteiger partial charge is 0.223 e. The van der Waals surface area contributed by atoms with Crippen molar-refractivity contribution >= 4 is 17.5 Å². The SMILES string of the molecule is CCN1C(=O)CC[C@H](O)[C@H]1c1ccc(Cl)cc1. The zero-order valence-electron chi connectivity index (χ0n) is 9.77. The first-order chi connectivity index (χ1) is 8.13. The second-order valence-electron chi connectivity index (χ2n) is 4.28. The Balaban J connectivity index is 2.32. The highest BCUT2D eigenvalue weighted by Gasteiger charge is 2.34. The van der Waals surface area contributed by atoms with Gasteiger partial charge in [0.1, 0.15) is 0 Å². The molecule has 3 nitrogen and oxygen atoms in total. The van der Waals surface area contributed by atoms with Crippen molar-refractivity contribution in [3.63, 3.8) is 0 Å². The fraction of sp³-hybridized carbons (Fsp3) is 0.462. The van der Waals surface area contributed by atoms with E-state index in [9.17, 15) is 9.90 Å². The maximum absolute atomic E-state index is 11.8. The highest BCUT2D eigenvalue weighted by Crippen LogP contribution is 2.32. The van der Waals surface area contributed by atoms with Gasteiger partial charge in [-0.05, 0) is 31.0 Å². The summed E-state index contributed by atoms with van der Waals surface area (Å²) in [6, 6.07) is 7.08. The Morgan fingerprint density at radius 3 is 2.65 bits per heavy atom. The topological polar surface area (TPSA) is 40.5 Å². The number of benzene rings is 1. The highest BCUT2D eigenvalue weighted by atomic mass is 35.5. The molecule has 1 amide bonds. The number of likely N-dealkylation sites (tertiary alicyclic amines) is 1. The van der Waals surface area contributed by atoms with Crippen molar-refractivity contribution in [2.45, 2.75) is 31.9 Å². The third kappa shape index (κ3) is 2.45. The first-order valence-corrected chi connectivity index (χ1v) is 6.24. The van der Waals surface area contributed by atoms with Crippen molar-refractivity contribution in [2.75, 3.05) is 6.54 Å². The average Bonchev–Trinajstić information content (AvgIpc) is 2.33. The molecule has 1 aliphatic heterocycles. The molecule has 1 N–H and O–H groups in total. The Morgan fingerprint density at radius 2 is 2.06 bits per heavy atom. The zero-order valence-corrected chi connectivity index (χ0v) is 10.5. The number of aliphatic hydroxyl groups excluding tert-OH is 1. The van der Waals surface area contributed by atoms with Crippen molar-refractivity contribution in [1.82, 2.24) is 4.90 Å². The molecule has 0 aromatic heterocycles. The molecule has 0 saturated carbocycles. The molecule has 0 aliphatic carbocycles. The van der Waals surface area contributed by atoms with E-state index in [0.717, 1.165) is 5.56 Å². The van der Waals surface area contributed by atoms with Crippen LogP contribution < -0.4 is 0 Å². The lowest BCUT2D eigenvalue weighted by molar-refractivity contribution is -0.141. The molecule has 1 aromatic rings. The van der Waals surface area contributed by atoms with Crippen molar-refractivity contribution in [2.24, 2.45) is 0 Å². The number of likely N-dealkylation sites (N-methyl/N-ethyl adjacent to an activating group) is 1. The molecule has 0 bridgehead atoms. The van der Waals surface area contributed by atoms with Crippen molar-refractivity contribution < 1.29 is 9.90 Å². The van der Waals surface area contributed by atoms with Gasteiger partial charge in [0.05, 0.1) is 12.1 Å². The van der Waals surface area contributed by atoms with Crippen LogP contribution in [-0.2, 0) is 4.79 Å². The lowest BCUT2D eigenvalue weighted by Gasteiger charge is -2.38. The number of aliphatic hydroxyl groups is 1. The summed E-state index contributed by atoms with van der Waals surface area (Å²) in [6.07, 6.45) is 0.468. The largest absolute Gasteiger partial charge is 0.391 e. The van der Waals surface area contributed by atoms with Crippen LogP contribution >= 0.6 is 11.6 Å². The minimum Gasteiger partial charge on any atom is -0.391 e. The lowest BCUT2D eigenvalue weighted by Crippen LogP contribution is -2.45. The predicted octanol–water partition coefficient (Wildman–Crippen LogP) is 2.38. The van der Waals surface area contributed by atoms with Crippen LogP contribution in [0.4, 0.5) is 0 Å². The Labute approximate surface area is 106 Å². The first-order valence-electron chi connectivity index (χ1n) is 5.86. The van der Waals surface area contributed by atoms with E-state index in [0.29, 0.717) is 24.4 Å². The van der Waals surface area contributed by atoms with Gasteiger partial charge in [-0.3, -0.25) is 4.79 Å². The van der Waals surface area contributed by atoms with E-state index in [2.05, 4.69) is 0 Å². The fourth-order valence-corrected chi connectivity index (χ4v) is 2.50. The molecule has 1 saturated heterocycles. The van der Waals surface area contributed by atoms with Gasteiger partial charge in [-0.15, -0.1) is 0 Å². The van der Waals surface area contributed by atoms with E-state index < -0.39 is 6.10 Å². The number of amides is 1. The minimum atomic E-state index is -0.492. The van der Waals surface area contributed by atoms with E-state index in [1.165, 1.54) is 0 Å². The van der Waals surface area contributed by atoms with Crippen molar-refractivity contribution in [3.8, 4) is 0 Å².